The minimum Gasteiger partial charge on any atom is -0.477 e. The number of carboxylic acid groups (broad SMARTS) is 1. The van der Waals surface area contributed by atoms with Crippen molar-refractivity contribution >= 4 is 35.6 Å². The molecule has 2 rings (SSSR count). The van der Waals surface area contributed by atoms with Crippen molar-refractivity contribution in [1.82, 2.24) is 16.0 Å². The Morgan fingerprint density at radius 2 is 1.92 bits per heavy atom. The molecular formula is C18H21FN4O2S. The molecular weight excluding hydrogens is 355 g/mol. The summed E-state index contributed by atoms with van der Waals surface area (Å²) in [5.74, 6) is -1.58. The minimum absolute atomic E-state index is 0.140. The lowest BCUT2D eigenvalue weighted by molar-refractivity contribution is -0.132. The highest BCUT2D eigenvalue weighted by molar-refractivity contribution is 7.80. The first-order chi connectivity index (χ1) is 12.4. The summed E-state index contributed by atoms with van der Waals surface area (Å²) in [6, 6.07) is 5.90. The Labute approximate surface area is 156 Å². The Balaban J connectivity index is 2.39. The molecule has 138 valence electrons. The van der Waals surface area contributed by atoms with Gasteiger partial charge in [-0.15, -0.1) is 0 Å². The van der Waals surface area contributed by atoms with Gasteiger partial charge >= 0.3 is 5.97 Å². The molecule has 0 aliphatic carbocycles. The third-order valence-corrected chi connectivity index (χ3v) is 4.26. The Hall–Kier alpha value is -2.58. The lowest BCUT2D eigenvalue weighted by Crippen LogP contribution is -2.43. The van der Waals surface area contributed by atoms with Gasteiger partial charge in [-0.05, 0) is 56.9 Å². The van der Waals surface area contributed by atoms with Gasteiger partial charge in [-0.25, -0.2) is 9.18 Å². The first-order valence-corrected chi connectivity index (χ1v) is 8.51. The number of carboxylic acids is 1. The van der Waals surface area contributed by atoms with E-state index in [-0.39, 0.29) is 22.5 Å². The zero-order chi connectivity index (χ0) is 19.1. The summed E-state index contributed by atoms with van der Waals surface area (Å²) in [4.78, 5) is 15.2. The van der Waals surface area contributed by atoms with Gasteiger partial charge in [0.25, 0.3) is 0 Å². The van der Waals surface area contributed by atoms with E-state index in [0.717, 1.165) is 25.9 Å². The van der Waals surface area contributed by atoms with Crippen LogP contribution in [0.4, 0.5) is 4.39 Å². The first-order valence-electron chi connectivity index (χ1n) is 8.10. The van der Waals surface area contributed by atoms with E-state index in [9.17, 15) is 9.18 Å². The van der Waals surface area contributed by atoms with Gasteiger partial charge in [-0.3, -0.25) is 4.99 Å². The maximum atomic E-state index is 13.2. The minimum atomic E-state index is -1.21. The molecule has 6 nitrogen and oxygen atoms in total. The normalized spacial score (nSPS) is 15.6. The van der Waals surface area contributed by atoms with Crippen LogP contribution in [0.3, 0.4) is 0 Å². The lowest BCUT2D eigenvalue weighted by atomic mass is 10.0. The fraction of sp³-hybridized carbons (Fsp3) is 0.278. The van der Waals surface area contributed by atoms with E-state index in [1.54, 1.807) is 12.1 Å². The van der Waals surface area contributed by atoms with Crippen LogP contribution < -0.4 is 16.0 Å². The second kappa shape index (κ2) is 9.21. The summed E-state index contributed by atoms with van der Waals surface area (Å²) in [6.45, 7) is 8.75. The average Bonchev–Trinajstić information content (AvgIpc) is 2.63. The van der Waals surface area contributed by atoms with Crippen molar-refractivity contribution in [2.75, 3.05) is 13.1 Å². The molecule has 26 heavy (non-hydrogen) atoms. The average molecular weight is 376 g/mol. The SMILES string of the molecule is C=N/C(=C(\NC1CCNCC1)C(=S)NC(=C)C(=O)O)c1ccc(F)cc1. The van der Waals surface area contributed by atoms with Crippen LogP contribution in [0.1, 0.15) is 18.4 Å². The summed E-state index contributed by atoms with van der Waals surface area (Å²) in [5, 5.41) is 18.2. The van der Waals surface area contributed by atoms with E-state index in [0.29, 0.717) is 17.0 Å². The number of rotatable bonds is 7. The summed E-state index contributed by atoms with van der Waals surface area (Å²) >= 11 is 5.37. The van der Waals surface area contributed by atoms with Gasteiger partial charge in [0.1, 0.15) is 16.5 Å². The number of aliphatic imine (C=N–C) groups is 1. The largest absolute Gasteiger partial charge is 0.477 e. The molecule has 0 radical (unpaired) electrons. The maximum Gasteiger partial charge on any atom is 0.351 e. The number of piperidine rings is 1. The number of thiocarbonyl (C=S) groups is 1. The monoisotopic (exact) mass is 376 g/mol. The first kappa shape index (κ1) is 19.7. The van der Waals surface area contributed by atoms with Crippen LogP contribution in [0.25, 0.3) is 5.70 Å². The predicted molar refractivity (Wildman–Crippen MR) is 104 cm³/mol. The quantitative estimate of drug-likeness (QED) is 0.331. The molecule has 1 aliphatic heterocycles. The number of hydrogen-bond donors (Lipinski definition) is 4. The third-order valence-electron chi connectivity index (χ3n) is 3.95. The second-order valence-electron chi connectivity index (χ2n) is 5.80. The lowest BCUT2D eigenvalue weighted by Gasteiger charge is -2.27. The van der Waals surface area contributed by atoms with Crippen molar-refractivity contribution in [3.8, 4) is 0 Å². The molecule has 1 saturated heterocycles. The Morgan fingerprint density at radius 3 is 2.46 bits per heavy atom. The van der Waals surface area contributed by atoms with Gasteiger partial charge in [-0.2, -0.15) is 0 Å². The smallest absolute Gasteiger partial charge is 0.351 e. The van der Waals surface area contributed by atoms with Crippen molar-refractivity contribution < 1.29 is 14.3 Å². The Kier molecular flexibility index (Phi) is 6.99. The molecule has 0 aromatic heterocycles. The second-order valence-corrected chi connectivity index (χ2v) is 6.20. The van der Waals surface area contributed by atoms with Crippen LogP contribution >= 0.6 is 12.2 Å². The number of carbonyl (C=O) groups is 1. The molecule has 1 aromatic rings. The number of nitrogens with one attached hydrogen (secondary N) is 3. The molecule has 4 N–H and O–H groups in total. The molecule has 0 amide bonds. The van der Waals surface area contributed by atoms with E-state index in [2.05, 4.69) is 34.2 Å². The molecule has 1 heterocycles. The van der Waals surface area contributed by atoms with Crippen molar-refractivity contribution in [3.63, 3.8) is 0 Å². The van der Waals surface area contributed by atoms with Crippen LogP contribution in [-0.2, 0) is 4.79 Å². The predicted octanol–water partition coefficient (Wildman–Crippen LogP) is 2.05. The van der Waals surface area contributed by atoms with Crippen LogP contribution in [-0.4, -0.2) is 41.9 Å². The van der Waals surface area contributed by atoms with Crippen molar-refractivity contribution in [2.45, 2.75) is 18.9 Å². The highest BCUT2D eigenvalue weighted by atomic mass is 32.1. The molecule has 0 bridgehead atoms. The Bertz CT molecular complexity index is 740. The molecule has 1 aliphatic rings. The van der Waals surface area contributed by atoms with Gasteiger partial charge in [0, 0.05) is 11.6 Å². The van der Waals surface area contributed by atoms with Crippen LogP contribution in [0.15, 0.2) is 47.2 Å². The molecule has 0 spiro atoms. The van der Waals surface area contributed by atoms with E-state index in [4.69, 9.17) is 17.3 Å². The third kappa shape index (κ3) is 5.21. The number of halogens is 1. The molecule has 1 fully saturated rings. The van der Waals surface area contributed by atoms with Crippen LogP contribution in [0.5, 0.6) is 0 Å². The van der Waals surface area contributed by atoms with Crippen LogP contribution in [0, 0.1) is 5.82 Å². The van der Waals surface area contributed by atoms with Crippen molar-refractivity contribution in [2.24, 2.45) is 4.99 Å². The molecule has 8 heteroatoms. The van der Waals surface area contributed by atoms with Gasteiger partial charge in [0.2, 0.25) is 0 Å². The van der Waals surface area contributed by atoms with E-state index in [1.165, 1.54) is 12.1 Å². The van der Waals surface area contributed by atoms with Gasteiger partial charge in [0.05, 0.1) is 11.4 Å². The molecule has 0 atom stereocenters. The summed E-state index contributed by atoms with van der Waals surface area (Å²) in [5.41, 5.74) is 1.22. The number of nitrogens with zero attached hydrogens (tertiary/aromatic N) is 1. The molecule has 1 aromatic carbocycles. The van der Waals surface area contributed by atoms with Crippen LogP contribution in [0.2, 0.25) is 0 Å². The fourth-order valence-corrected chi connectivity index (χ4v) is 2.87. The van der Waals surface area contributed by atoms with Crippen molar-refractivity contribution in [1.29, 1.82) is 0 Å². The highest BCUT2D eigenvalue weighted by Crippen LogP contribution is 2.21. The highest BCUT2D eigenvalue weighted by Gasteiger charge is 2.21. The topological polar surface area (TPSA) is 85.8 Å². The number of hydrogen-bond acceptors (Lipinski definition) is 5. The molecule has 0 unspecified atom stereocenters. The summed E-state index contributed by atoms with van der Waals surface area (Å²) < 4.78 is 13.2. The standard InChI is InChI=1S/C18H21FN4O2S/c1-11(18(24)25)22-17(26)16(23-14-7-9-21-10-8-14)15(20-2)12-3-5-13(19)6-4-12/h3-6,14,21,23H,1-2,7-10H2,(H,22,26)(H,24,25)/b16-15-. The maximum absolute atomic E-state index is 13.2. The summed E-state index contributed by atoms with van der Waals surface area (Å²) in [7, 11) is 0. The Morgan fingerprint density at radius 1 is 1.31 bits per heavy atom. The van der Waals surface area contributed by atoms with Gasteiger partial charge in [-0.1, -0.05) is 18.8 Å². The van der Waals surface area contributed by atoms with E-state index < -0.39 is 5.97 Å². The van der Waals surface area contributed by atoms with E-state index in [1.807, 2.05) is 0 Å². The van der Waals surface area contributed by atoms with Crippen molar-refractivity contribution in [3.05, 3.63) is 53.6 Å². The number of aliphatic carboxylic acids is 1. The summed E-state index contributed by atoms with van der Waals surface area (Å²) in [6.07, 6.45) is 1.75. The zero-order valence-corrected chi connectivity index (χ0v) is 15.0. The zero-order valence-electron chi connectivity index (χ0n) is 14.2. The number of benzene rings is 1. The molecule has 0 saturated carbocycles. The van der Waals surface area contributed by atoms with E-state index >= 15 is 0 Å². The fourth-order valence-electron chi connectivity index (χ4n) is 2.59. The van der Waals surface area contributed by atoms with Gasteiger partial charge in [0.15, 0.2) is 0 Å². The van der Waals surface area contributed by atoms with Gasteiger partial charge < -0.3 is 21.1 Å².